The van der Waals surface area contributed by atoms with Crippen molar-refractivity contribution in [2.45, 2.75) is 18.4 Å². The number of nitrogens with zero attached hydrogens (tertiary/aromatic N) is 1. The number of sulfone groups is 1. The summed E-state index contributed by atoms with van der Waals surface area (Å²) in [6.07, 6.45) is 0.439. The Morgan fingerprint density at radius 2 is 2.00 bits per heavy atom. The summed E-state index contributed by atoms with van der Waals surface area (Å²) in [4.78, 5) is 13.1. The van der Waals surface area contributed by atoms with Crippen LogP contribution in [0.25, 0.3) is 0 Å². The minimum Gasteiger partial charge on any atom is -0.441 e. The second kappa shape index (κ2) is 3.89. The number of carbonyl (C=O) groups is 1. The zero-order valence-electron chi connectivity index (χ0n) is 9.02. The molecule has 1 spiro atoms. The molecular weight excluding hydrogens is 232 g/mol. The molecule has 0 aliphatic carbocycles. The molecule has 0 saturated carbocycles. The minimum atomic E-state index is -2.93. The lowest BCUT2D eigenvalue weighted by atomic mass is 9.97. The summed E-state index contributed by atoms with van der Waals surface area (Å²) in [6.45, 7) is 1.33. The summed E-state index contributed by atoms with van der Waals surface area (Å²) >= 11 is 0. The summed E-state index contributed by atoms with van der Waals surface area (Å²) in [6, 6.07) is 0. The van der Waals surface area contributed by atoms with E-state index in [1.807, 2.05) is 0 Å². The van der Waals surface area contributed by atoms with Gasteiger partial charge in [-0.15, -0.1) is 0 Å². The van der Waals surface area contributed by atoms with E-state index in [0.717, 1.165) is 0 Å². The van der Waals surface area contributed by atoms with Crippen LogP contribution < -0.4 is 5.73 Å². The lowest BCUT2D eigenvalue weighted by Crippen LogP contribution is -2.43. The first-order chi connectivity index (χ1) is 7.46. The summed E-state index contributed by atoms with van der Waals surface area (Å²) in [5.74, 6) is 0.216. The Bertz CT molecular complexity index is 378. The fourth-order valence-corrected chi connectivity index (χ4v) is 3.76. The van der Waals surface area contributed by atoms with Crippen LogP contribution >= 0.6 is 0 Å². The summed E-state index contributed by atoms with van der Waals surface area (Å²) < 4.78 is 27.9. The molecule has 2 N–H and O–H groups in total. The molecule has 0 atom stereocenters. The van der Waals surface area contributed by atoms with Gasteiger partial charge in [0.2, 0.25) is 0 Å². The zero-order valence-corrected chi connectivity index (χ0v) is 9.83. The van der Waals surface area contributed by atoms with Gasteiger partial charge in [0, 0.05) is 25.9 Å². The largest absolute Gasteiger partial charge is 0.441 e. The Labute approximate surface area is 94.6 Å². The molecule has 0 bridgehead atoms. The molecule has 16 heavy (non-hydrogen) atoms. The molecule has 1 amide bonds. The lowest BCUT2D eigenvalue weighted by Gasteiger charge is -2.30. The average molecular weight is 248 g/mol. The van der Waals surface area contributed by atoms with E-state index in [1.165, 1.54) is 0 Å². The Hall–Kier alpha value is -0.820. The predicted octanol–water partition coefficient (Wildman–Crippen LogP) is -0.655. The highest BCUT2D eigenvalue weighted by Gasteiger charge is 2.47. The highest BCUT2D eigenvalue weighted by atomic mass is 32.2. The number of ether oxygens (including phenoxy) is 1. The molecule has 0 aromatic rings. The van der Waals surface area contributed by atoms with Crippen LogP contribution in [0.3, 0.4) is 0 Å². The van der Waals surface area contributed by atoms with Gasteiger partial charge in [-0.1, -0.05) is 0 Å². The van der Waals surface area contributed by atoms with Crippen molar-refractivity contribution in [3.63, 3.8) is 0 Å². The molecule has 2 rings (SSSR count). The smallest absolute Gasteiger partial charge is 0.410 e. The predicted molar refractivity (Wildman–Crippen MR) is 57.7 cm³/mol. The number of nitrogens with two attached hydrogens (primary N) is 1. The first kappa shape index (κ1) is 11.7. The molecule has 0 unspecified atom stereocenters. The van der Waals surface area contributed by atoms with Crippen LogP contribution in [0.5, 0.6) is 0 Å². The van der Waals surface area contributed by atoms with Crippen molar-refractivity contribution in [3.8, 4) is 0 Å². The second-order valence-electron chi connectivity index (χ2n) is 4.41. The molecule has 92 valence electrons. The molecule has 6 nitrogen and oxygen atoms in total. The molecule has 7 heteroatoms. The molecule has 0 aromatic carbocycles. The van der Waals surface area contributed by atoms with Crippen molar-refractivity contribution >= 4 is 15.9 Å². The van der Waals surface area contributed by atoms with Crippen molar-refractivity contribution in [3.05, 3.63) is 0 Å². The van der Waals surface area contributed by atoms with Crippen molar-refractivity contribution in [1.29, 1.82) is 0 Å². The number of hydrogen-bond donors (Lipinski definition) is 1. The monoisotopic (exact) mass is 248 g/mol. The Kier molecular flexibility index (Phi) is 2.83. The number of rotatable bonds is 2. The normalized spacial score (nSPS) is 27.1. The first-order valence-corrected chi connectivity index (χ1v) is 7.17. The highest BCUT2D eigenvalue weighted by Crippen LogP contribution is 2.33. The van der Waals surface area contributed by atoms with E-state index in [1.54, 1.807) is 4.90 Å². The summed E-state index contributed by atoms with van der Waals surface area (Å²) in [5.41, 5.74) is 4.80. The number of amides is 1. The maximum Gasteiger partial charge on any atom is 0.410 e. The third kappa shape index (κ3) is 2.15. The Balaban J connectivity index is 2.04. The first-order valence-electron chi connectivity index (χ1n) is 5.35. The van der Waals surface area contributed by atoms with Crippen molar-refractivity contribution in [2.24, 2.45) is 5.73 Å². The van der Waals surface area contributed by atoms with Gasteiger partial charge >= 0.3 is 6.09 Å². The fourth-order valence-electron chi connectivity index (χ4n) is 2.19. The van der Waals surface area contributed by atoms with Gasteiger partial charge in [-0.25, -0.2) is 13.2 Å². The molecule has 2 aliphatic rings. The third-order valence-corrected chi connectivity index (χ3v) is 4.83. The van der Waals surface area contributed by atoms with Gasteiger partial charge in [0.15, 0.2) is 9.84 Å². The molecule has 0 radical (unpaired) electrons. The van der Waals surface area contributed by atoms with Crippen molar-refractivity contribution in [2.75, 3.05) is 31.1 Å². The second-order valence-corrected chi connectivity index (χ2v) is 6.72. The Morgan fingerprint density at radius 1 is 1.38 bits per heavy atom. The molecule has 2 heterocycles. The van der Waals surface area contributed by atoms with E-state index in [-0.39, 0.29) is 17.6 Å². The van der Waals surface area contributed by atoms with Gasteiger partial charge in [-0.2, -0.15) is 0 Å². The highest BCUT2D eigenvalue weighted by molar-refractivity contribution is 7.91. The Morgan fingerprint density at radius 3 is 2.56 bits per heavy atom. The maximum atomic E-state index is 11.5. The van der Waals surface area contributed by atoms with Gasteiger partial charge < -0.3 is 15.4 Å². The van der Waals surface area contributed by atoms with E-state index in [0.29, 0.717) is 32.5 Å². The van der Waals surface area contributed by atoms with E-state index in [4.69, 9.17) is 10.5 Å². The standard InChI is InChI=1S/C9H16N2O4S/c10-3-4-11-7-9(15-8(11)12)1-5-16(13,14)6-2-9/h1-7,10H2. The van der Waals surface area contributed by atoms with E-state index in [2.05, 4.69) is 0 Å². The van der Waals surface area contributed by atoms with Crippen LogP contribution in [0.15, 0.2) is 0 Å². The molecule has 2 aliphatic heterocycles. The molecular formula is C9H16N2O4S. The molecule has 2 fully saturated rings. The van der Waals surface area contributed by atoms with Crippen LogP contribution in [0.4, 0.5) is 4.79 Å². The van der Waals surface area contributed by atoms with Crippen LogP contribution in [0.1, 0.15) is 12.8 Å². The zero-order chi connectivity index (χ0) is 11.8. The SMILES string of the molecule is NCCN1CC2(CCS(=O)(=O)CC2)OC1=O. The lowest BCUT2D eigenvalue weighted by molar-refractivity contribution is 0.0487. The van der Waals surface area contributed by atoms with Gasteiger partial charge in [-0.3, -0.25) is 0 Å². The average Bonchev–Trinajstić information content (AvgIpc) is 2.51. The quantitative estimate of drug-likeness (QED) is 0.701. The van der Waals surface area contributed by atoms with Crippen molar-refractivity contribution < 1.29 is 17.9 Å². The third-order valence-electron chi connectivity index (χ3n) is 3.18. The fraction of sp³-hybridized carbons (Fsp3) is 0.889. The van der Waals surface area contributed by atoms with E-state index < -0.39 is 15.4 Å². The van der Waals surface area contributed by atoms with Gasteiger partial charge in [0.05, 0.1) is 18.1 Å². The van der Waals surface area contributed by atoms with E-state index >= 15 is 0 Å². The summed E-state index contributed by atoms with van der Waals surface area (Å²) in [7, 11) is -2.93. The number of hydrogen-bond acceptors (Lipinski definition) is 5. The van der Waals surface area contributed by atoms with Crippen molar-refractivity contribution in [1.82, 2.24) is 4.90 Å². The van der Waals surface area contributed by atoms with Crippen LogP contribution in [-0.4, -0.2) is 56.2 Å². The van der Waals surface area contributed by atoms with E-state index in [9.17, 15) is 13.2 Å². The van der Waals surface area contributed by atoms with Crippen LogP contribution in [0.2, 0.25) is 0 Å². The van der Waals surface area contributed by atoms with Gasteiger partial charge in [0.25, 0.3) is 0 Å². The molecule has 2 saturated heterocycles. The van der Waals surface area contributed by atoms with Crippen LogP contribution in [-0.2, 0) is 14.6 Å². The number of carbonyl (C=O) groups excluding carboxylic acids is 1. The molecule has 0 aromatic heterocycles. The topological polar surface area (TPSA) is 89.7 Å². The maximum absolute atomic E-state index is 11.5. The summed E-state index contributed by atoms with van der Waals surface area (Å²) in [5, 5.41) is 0. The van der Waals surface area contributed by atoms with Gasteiger partial charge in [-0.05, 0) is 0 Å². The van der Waals surface area contributed by atoms with Crippen LogP contribution in [0, 0.1) is 0 Å². The van der Waals surface area contributed by atoms with Gasteiger partial charge in [0.1, 0.15) is 5.60 Å². The minimum absolute atomic E-state index is 0.108.